The summed E-state index contributed by atoms with van der Waals surface area (Å²) in [6, 6.07) is 1.78. The van der Waals surface area contributed by atoms with Crippen molar-refractivity contribution in [3.63, 3.8) is 0 Å². The van der Waals surface area contributed by atoms with Crippen LogP contribution in [0.2, 0.25) is 0 Å². The number of aromatic nitrogens is 3. The number of fused-ring (bicyclic) bond motifs is 1. The van der Waals surface area contributed by atoms with Gasteiger partial charge in [0.15, 0.2) is 0 Å². The maximum Gasteiger partial charge on any atom is 0.257 e. The quantitative estimate of drug-likeness (QED) is 0.797. The second kappa shape index (κ2) is 5.25. The van der Waals surface area contributed by atoms with E-state index < -0.39 is 5.95 Å². The van der Waals surface area contributed by atoms with Crippen molar-refractivity contribution in [2.45, 2.75) is 26.4 Å². The van der Waals surface area contributed by atoms with Gasteiger partial charge < -0.3 is 5.73 Å². The molecule has 0 spiro atoms. The lowest BCUT2D eigenvalue weighted by Crippen LogP contribution is -2.36. The molecule has 2 aromatic rings. The third-order valence-electron chi connectivity index (χ3n) is 3.79. The number of nitrogens with zero attached hydrogens (tertiary/aromatic N) is 3. The topological polar surface area (TPSA) is 87.9 Å². The summed E-state index contributed by atoms with van der Waals surface area (Å²) in [4.78, 5) is 24.3. The first-order valence-electron chi connectivity index (χ1n) is 6.74. The summed E-state index contributed by atoms with van der Waals surface area (Å²) < 4.78 is 13.8. The maximum atomic E-state index is 13.8. The molecule has 0 fully saturated rings. The Morgan fingerprint density at radius 1 is 1.52 bits per heavy atom. The zero-order valence-electron chi connectivity index (χ0n) is 11.7. The number of aromatic amines is 1. The lowest BCUT2D eigenvalue weighted by Gasteiger charge is -2.27. The van der Waals surface area contributed by atoms with Gasteiger partial charge in [0.25, 0.3) is 5.56 Å². The van der Waals surface area contributed by atoms with Crippen molar-refractivity contribution in [1.29, 1.82) is 0 Å². The number of hydrogen-bond acceptors (Lipinski definition) is 5. The van der Waals surface area contributed by atoms with Crippen molar-refractivity contribution < 1.29 is 4.39 Å². The monoisotopic (exact) mass is 289 g/mol. The van der Waals surface area contributed by atoms with Gasteiger partial charge in [-0.3, -0.25) is 14.7 Å². The molecule has 0 atom stereocenters. The number of aryl methyl sites for hydroxylation is 1. The Morgan fingerprint density at radius 3 is 3.10 bits per heavy atom. The van der Waals surface area contributed by atoms with Gasteiger partial charge in [0.2, 0.25) is 11.9 Å². The van der Waals surface area contributed by atoms with E-state index in [1.807, 2.05) is 11.8 Å². The lowest BCUT2D eigenvalue weighted by molar-refractivity contribution is 0.237. The lowest BCUT2D eigenvalue weighted by atomic mass is 10.1. The summed E-state index contributed by atoms with van der Waals surface area (Å²) in [7, 11) is 0. The van der Waals surface area contributed by atoms with Crippen LogP contribution in [0.1, 0.15) is 22.4 Å². The summed E-state index contributed by atoms with van der Waals surface area (Å²) in [5, 5.41) is 0. The van der Waals surface area contributed by atoms with Crippen LogP contribution in [0.5, 0.6) is 0 Å². The molecular weight excluding hydrogens is 273 g/mol. The van der Waals surface area contributed by atoms with E-state index in [1.54, 1.807) is 6.07 Å². The molecule has 0 aromatic carbocycles. The Hall–Kier alpha value is -2.28. The molecule has 6 nitrogen and oxygen atoms in total. The van der Waals surface area contributed by atoms with Crippen LogP contribution in [-0.2, 0) is 19.5 Å². The summed E-state index contributed by atoms with van der Waals surface area (Å²) in [6.45, 7) is 3.42. The molecule has 21 heavy (non-hydrogen) atoms. The molecule has 0 bridgehead atoms. The first-order chi connectivity index (χ1) is 10.0. The molecule has 0 saturated heterocycles. The number of pyridine rings is 1. The number of hydrogen-bond donors (Lipinski definition) is 2. The van der Waals surface area contributed by atoms with Crippen molar-refractivity contribution in [1.82, 2.24) is 19.9 Å². The first-order valence-corrected chi connectivity index (χ1v) is 6.74. The van der Waals surface area contributed by atoms with Gasteiger partial charge in [-0.05, 0) is 18.6 Å². The molecule has 1 aliphatic heterocycles. The van der Waals surface area contributed by atoms with Gasteiger partial charge in [-0.2, -0.15) is 4.39 Å². The van der Waals surface area contributed by atoms with E-state index in [1.165, 1.54) is 6.20 Å². The van der Waals surface area contributed by atoms with Crippen molar-refractivity contribution in [2.75, 3.05) is 12.3 Å². The summed E-state index contributed by atoms with van der Waals surface area (Å²) in [5.74, 6) is -0.313. The molecule has 0 saturated carbocycles. The van der Waals surface area contributed by atoms with Crippen LogP contribution in [-0.4, -0.2) is 26.4 Å². The van der Waals surface area contributed by atoms with Gasteiger partial charge in [0.1, 0.15) is 0 Å². The second-order valence-electron chi connectivity index (χ2n) is 5.23. The van der Waals surface area contributed by atoms with Gasteiger partial charge in [0, 0.05) is 37.8 Å². The first kappa shape index (κ1) is 13.7. The second-order valence-corrected chi connectivity index (χ2v) is 5.23. The van der Waals surface area contributed by atoms with Crippen molar-refractivity contribution >= 4 is 5.95 Å². The fourth-order valence-corrected chi connectivity index (χ4v) is 2.60. The molecule has 3 heterocycles. The fraction of sp³-hybridized carbons (Fsp3) is 0.357. The summed E-state index contributed by atoms with van der Waals surface area (Å²) in [5.41, 5.74) is 8.10. The minimum Gasteiger partial charge on any atom is -0.369 e. The van der Waals surface area contributed by atoms with Gasteiger partial charge in [-0.1, -0.05) is 0 Å². The van der Waals surface area contributed by atoms with Gasteiger partial charge in [-0.15, -0.1) is 0 Å². The highest BCUT2D eigenvalue weighted by atomic mass is 19.1. The standard InChI is InChI=1S/C14H16FN5O/c1-8-2-4-17-12(15)9(8)6-20-5-3-11-10(7-20)13(21)19-14(16)18-11/h2,4H,3,5-7H2,1H3,(H3,16,18,19,21). The van der Waals surface area contributed by atoms with Crippen LogP contribution >= 0.6 is 0 Å². The average molecular weight is 289 g/mol. The Morgan fingerprint density at radius 2 is 2.33 bits per heavy atom. The fourth-order valence-electron chi connectivity index (χ4n) is 2.60. The van der Waals surface area contributed by atoms with E-state index in [0.29, 0.717) is 37.2 Å². The largest absolute Gasteiger partial charge is 0.369 e. The Balaban J connectivity index is 1.86. The number of nitrogen functional groups attached to an aromatic ring is 1. The van der Waals surface area contributed by atoms with Crippen molar-refractivity contribution in [3.05, 3.63) is 50.9 Å². The van der Waals surface area contributed by atoms with Crippen LogP contribution in [0.15, 0.2) is 17.1 Å². The number of rotatable bonds is 2. The predicted octanol–water partition coefficient (Wildman–Crippen LogP) is 0.753. The maximum absolute atomic E-state index is 13.8. The molecule has 0 aliphatic carbocycles. The van der Waals surface area contributed by atoms with E-state index in [4.69, 9.17) is 5.73 Å². The average Bonchev–Trinajstić information content (AvgIpc) is 2.43. The normalized spacial score (nSPS) is 15.0. The molecule has 3 rings (SSSR count). The van der Waals surface area contributed by atoms with Crippen LogP contribution in [0.4, 0.5) is 10.3 Å². The highest BCUT2D eigenvalue weighted by Crippen LogP contribution is 2.19. The van der Waals surface area contributed by atoms with E-state index >= 15 is 0 Å². The van der Waals surface area contributed by atoms with E-state index in [9.17, 15) is 9.18 Å². The Kier molecular flexibility index (Phi) is 3.42. The molecule has 1 aliphatic rings. The van der Waals surface area contributed by atoms with Gasteiger partial charge in [0.05, 0.1) is 11.3 Å². The highest BCUT2D eigenvalue weighted by Gasteiger charge is 2.22. The number of nitrogens with one attached hydrogen (secondary N) is 1. The zero-order chi connectivity index (χ0) is 15.0. The molecule has 0 radical (unpaired) electrons. The number of anilines is 1. The molecule has 0 unspecified atom stereocenters. The van der Waals surface area contributed by atoms with Crippen LogP contribution in [0.25, 0.3) is 0 Å². The molecule has 110 valence electrons. The molecule has 0 amide bonds. The SMILES string of the molecule is Cc1ccnc(F)c1CN1CCc2nc(N)[nH]c(=O)c2C1. The van der Waals surface area contributed by atoms with E-state index in [-0.39, 0.29) is 11.5 Å². The third-order valence-corrected chi connectivity index (χ3v) is 3.79. The molecular formula is C14H16FN5O. The van der Waals surface area contributed by atoms with Gasteiger partial charge in [-0.25, -0.2) is 9.97 Å². The van der Waals surface area contributed by atoms with Crippen LogP contribution in [0.3, 0.4) is 0 Å². The number of nitrogens with two attached hydrogens (primary N) is 1. The predicted molar refractivity (Wildman–Crippen MR) is 76.0 cm³/mol. The molecule has 2 aromatic heterocycles. The van der Waals surface area contributed by atoms with E-state index in [2.05, 4.69) is 15.0 Å². The molecule has 3 N–H and O–H groups in total. The van der Waals surface area contributed by atoms with Crippen LogP contribution < -0.4 is 11.3 Å². The van der Waals surface area contributed by atoms with Crippen LogP contribution in [0, 0.1) is 12.9 Å². The minimum absolute atomic E-state index is 0.140. The minimum atomic E-state index is -0.454. The third kappa shape index (κ3) is 2.64. The number of halogens is 1. The number of H-pyrrole nitrogens is 1. The Bertz CT molecular complexity index is 722. The zero-order valence-corrected chi connectivity index (χ0v) is 11.7. The van der Waals surface area contributed by atoms with E-state index in [0.717, 1.165) is 11.3 Å². The summed E-state index contributed by atoms with van der Waals surface area (Å²) in [6.07, 6.45) is 2.08. The Labute approximate surface area is 120 Å². The highest BCUT2D eigenvalue weighted by molar-refractivity contribution is 5.28. The van der Waals surface area contributed by atoms with Gasteiger partial charge >= 0.3 is 0 Å². The molecule has 7 heteroatoms. The summed E-state index contributed by atoms with van der Waals surface area (Å²) >= 11 is 0. The smallest absolute Gasteiger partial charge is 0.257 e. The van der Waals surface area contributed by atoms with Crippen molar-refractivity contribution in [3.8, 4) is 0 Å². The van der Waals surface area contributed by atoms with Crippen molar-refractivity contribution in [2.24, 2.45) is 0 Å².